The molecule has 0 fully saturated rings. The number of anilines is 1. The predicted octanol–water partition coefficient (Wildman–Crippen LogP) is 1.76. The number of H-pyrrole nitrogens is 1. The highest BCUT2D eigenvalue weighted by molar-refractivity contribution is 6.31. The summed E-state index contributed by atoms with van der Waals surface area (Å²) in [6, 6.07) is 6.75. The maximum atomic E-state index is 11.3. The second-order valence-electron chi connectivity index (χ2n) is 2.79. The molecule has 0 aliphatic heterocycles. The second kappa shape index (κ2) is 2.78. The molecular formula is C9H7ClN2O. The zero-order valence-corrected chi connectivity index (χ0v) is 7.43. The smallest absolute Gasteiger partial charge is 0.257 e. The predicted molar refractivity (Wildman–Crippen MR) is 54.0 cm³/mol. The van der Waals surface area contributed by atoms with Gasteiger partial charge in [0.05, 0.1) is 0 Å². The number of nitrogens with one attached hydrogen (secondary N) is 1. The zero-order chi connectivity index (χ0) is 9.42. The van der Waals surface area contributed by atoms with Gasteiger partial charge in [0.1, 0.15) is 5.82 Å². The van der Waals surface area contributed by atoms with Crippen LogP contribution in [0.1, 0.15) is 0 Å². The van der Waals surface area contributed by atoms with Gasteiger partial charge in [0.2, 0.25) is 0 Å². The van der Waals surface area contributed by atoms with E-state index in [1.807, 2.05) is 0 Å². The van der Waals surface area contributed by atoms with Crippen molar-refractivity contribution in [2.24, 2.45) is 0 Å². The van der Waals surface area contributed by atoms with Crippen LogP contribution in [0, 0.1) is 0 Å². The number of nitrogen functional groups attached to an aromatic ring is 1. The van der Waals surface area contributed by atoms with Crippen LogP contribution in [0.3, 0.4) is 0 Å². The molecule has 0 unspecified atom stereocenters. The average molecular weight is 195 g/mol. The van der Waals surface area contributed by atoms with E-state index in [1.165, 1.54) is 0 Å². The summed E-state index contributed by atoms with van der Waals surface area (Å²) in [4.78, 5) is 13.8. The minimum atomic E-state index is -0.188. The molecule has 0 saturated carbocycles. The van der Waals surface area contributed by atoms with Crippen LogP contribution in [0.5, 0.6) is 0 Å². The molecule has 0 saturated heterocycles. The van der Waals surface area contributed by atoms with Gasteiger partial charge in [-0.05, 0) is 29.7 Å². The van der Waals surface area contributed by atoms with Crippen molar-refractivity contribution < 1.29 is 0 Å². The second-order valence-corrected chi connectivity index (χ2v) is 3.22. The van der Waals surface area contributed by atoms with Crippen LogP contribution in [0.15, 0.2) is 29.1 Å². The highest BCUT2D eigenvalue weighted by atomic mass is 35.5. The molecule has 0 spiro atoms. The van der Waals surface area contributed by atoms with E-state index in [-0.39, 0.29) is 5.56 Å². The zero-order valence-electron chi connectivity index (χ0n) is 6.67. The summed E-state index contributed by atoms with van der Waals surface area (Å²) in [6.45, 7) is 0. The van der Waals surface area contributed by atoms with E-state index < -0.39 is 0 Å². The van der Waals surface area contributed by atoms with Gasteiger partial charge in [-0.15, -0.1) is 0 Å². The summed E-state index contributed by atoms with van der Waals surface area (Å²) in [7, 11) is 0. The first-order valence-electron chi connectivity index (χ1n) is 3.75. The SMILES string of the molecule is Nc1cc2cc(Cl)ccc2c(=O)[nH]1. The van der Waals surface area contributed by atoms with E-state index in [2.05, 4.69) is 4.98 Å². The molecule has 2 rings (SSSR count). The molecule has 1 heterocycles. The van der Waals surface area contributed by atoms with Gasteiger partial charge in [0, 0.05) is 10.4 Å². The van der Waals surface area contributed by atoms with E-state index in [1.54, 1.807) is 24.3 Å². The number of nitrogens with two attached hydrogens (primary N) is 1. The van der Waals surface area contributed by atoms with Crippen molar-refractivity contribution in [3.63, 3.8) is 0 Å². The highest BCUT2D eigenvalue weighted by Gasteiger charge is 1.99. The van der Waals surface area contributed by atoms with Crippen LogP contribution in [0.4, 0.5) is 5.82 Å². The third-order valence-corrected chi connectivity index (χ3v) is 2.06. The third-order valence-electron chi connectivity index (χ3n) is 1.83. The van der Waals surface area contributed by atoms with Crippen molar-refractivity contribution in [2.75, 3.05) is 5.73 Å². The van der Waals surface area contributed by atoms with Gasteiger partial charge >= 0.3 is 0 Å². The lowest BCUT2D eigenvalue weighted by Crippen LogP contribution is -2.08. The molecule has 0 aliphatic rings. The minimum absolute atomic E-state index is 0.188. The van der Waals surface area contributed by atoms with Gasteiger partial charge < -0.3 is 10.7 Å². The molecule has 4 heteroatoms. The van der Waals surface area contributed by atoms with Crippen LogP contribution in [-0.2, 0) is 0 Å². The van der Waals surface area contributed by atoms with E-state index in [0.29, 0.717) is 16.2 Å². The van der Waals surface area contributed by atoms with Crippen molar-refractivity contribution in [1.29, 1.82) is 0 Å². The Labute approximate surface area is 79.1 Å². The fourth-order valence-corrected chi connectivity index (χ4v) is 1.44. The number of aromatic amines is 1. The standard InChI is InChI=1S/C9H7ClN2O/c10-6-1-2-7-5(3-6)4-8(11)12-9(7)13/h1-4H,(H3,11,12,13). The van der Waals surface area contributed by atoms with E-state index in [4.69, 9.17) is 17.3 Å². The summed E-state index contributed by atoms with van der Waals surface area (Å²) in [5.41, 5.74) is 5.29. The number of fused-ring (bicyclic) bond motifs is 1. The maximum absolute atomic E-state index is 11.3. The average Bonchev–Trinajstić information content (AvgIpc) is 2.02. The number of halogens is 1. The summed E-state index contributed by atoms with van der Waals surface area (Å²) < 4.78 is 0. The molecule has 1 aromatic heterocycles. The Morgan fingerprint density at radius 1 is 1.31 bits per heavy atom. The molecule has 3 nitrogen and oxygen atoms in total. The van der Waals surface area contributed by atoms with Crippen LogP contribution in [0.2, 0.25) is 5.02 Å². The molecule has 0 aliphatic carbocycles. The molecule has 0 bridgehead atoms. The third kappa shape index (κ3) is 1.38. The number of aromatic nitrogens is 1. The van der Waals surface area contributed by atoms with Gasteiger partial charge in [0.15, 0.2) is 0 Å². The lowest BCUT2D eigenvalue weighted by atomic mass is 10.2. The van der Waals surface area contributed by atoms with Crippen LogP contribution in [-0.4, -0.2) is 4.98 Å². The van der Waals surface area contributed by atoms with Crippen molar-refractivity contribution in [3.05, 3.63) is 39.6 Å². The van der Waals surface area contributed by atoms with E-state index in [9.17, 15) is 4.79 Å². The fourth-order valence-electron chi connectivity index (χ4n) is 1.26. The first-order valence-corrected chi connectivity index (χ1v) is 4.13. The first-order chi connectivity index (χ1) is 6.16. The van der Waals surface area contributed by atoms with Crippen LogP contribution in [0.25, 0.3) is 10.8 Å². The number of pyridine rings is 1. The van der Waals surface area contributed by atoms with Crippen molar-refractivity contribution in [3.8, 4) is 0 Å². The quantitative estimate of drug-likeness (QED) is 0.672. The molecular weight excluding hydrogens is 188 g/mol. The first kappa shape index (κ1) is 8.13. The number of rotatable bonds is 0. The lowest BCUT2D eigenvalue weighted by Gasteiger charge is -1.98. The van der Waals surface area contributed by atoms with E-state index >= 15 is 0 Å². The Bertz CT molecular complexity index is 513. The molecule has 3 N–H and O–H groups in total. The largest absolute Gasteiger partial charge is 0.385 e. The van der Waals surface area contributed by atoms with E-state index in [0.717, 1.165) is 5.39 Å². The Hall–Kier alpha value is -1.48. The molecule has 66 valence electrons. The Kier molecular flexibility index (Phi) is 1.74. The lowest BCUT2D eigenvalue weighted by molar-refractivity contribution is 1.29. The molecule has 2 aromatic rings. The van der Waals surface area contributed by atoms with Crippen LogP contribution >= 0.6 is 11.6 Å². The normalized spacial score (nSPS) is 10.5. The molecule has 1 aromatic carbocycles. The fraction of sp³-hybridized carbons (Fsp3) is 0. The van der Waals surface area contributed by atoms with Crippen LogP contribution < -0.4 is 11.3 Å². The Morgan fingerprint density at radius 3 is 2.85 bits per heavy atom. The van der Waals surface area contributed by atoms with Crippen molar-refractivity contribution in [1.82, 2.24) is 4.98 Å². The maximum Gasteiger partial charge on any atom is 0.257 e. The Balaban J connectivity index is 2.95. The van der Waals surface area contributed by atoms with Gasteiger partial charge in [-0.25, -0.2) is 0 Å². The molecule has 0 amide bonds. The minimum Gasteiger partial charge on any atom is -0.385 e. The van der Waals surface area contributed by atoms with Gasteiger partial charge in [-0.1, -0.05) is 11.6 Å². The van der Waals surface area contributed by atoms with Gasteiger partial charge in [0.25, 0.3) is 5.56 Å². The summed E-state index contributed by atoms with van der Waals surface area (Å²) in [5, 5.41) is 1.95. The summed E-state index contributed by atoms with van der Waals surface area (Å²) >= 11 is 5.77. The van der Waals surface area contributed by atoms with Crippen molar-refractivity contribution >= 4 is 28.2 Å². The Morgan fingerprint density at radius 2 is 2.08 bits per heavy atom. The van der Waals surface area contributed by atoms with Gasteiger partial charge in [-0.3, -0.25) is 4.79 Å². The number of benzene rings is 1. The van der Waals surface area contributed by atoms with Crippen molar-refractivity contribution in [2.45, 2.75) is 0 Å². The molecule has 0 atom stereocenters. The number of hydrogen-bond acceptors (Lipinski definition) is 2. The summed E-state index contributed by atoms with van der Waals surface area (Å²) in [6.07, 6.45) is 0. The number of hydrogen-bond donors (Lipinski definition) is 2. The highest BCUT2D eigenvalue weighted by Crippen LogP contribution is 2.17. The summed E-state index contributed by atoms with van der Waals surface area (Å²) in [5.74, 6) is 0.347. The molecule has 0 radical (unpaired) electrons. The van der Waals surface area contributed by atoms with Gasteiger partial charge in [-0.2, -0.15) is 0 Å². The molecule has 13 heavy (non-hydrogen) atoms. The monoisotopic (exact) mass is 194 g/mol. The topological polar surface area (TPSA) is 58.9 Å².